The highest BCUT2D eigenvalue weighted by molar-refractivity contribution is 5.93. The SMILES string of the molecule is C[C@]12CCC(=O)C=C1CCC1C2CC[C@]2(C)C(=O)C3CC3C12. The lowest BCUT2D eigenvalue weighted by Gasteiger charge is -2.57. The third-order valence-electron chi connectivity index (χ3n) is 8.41. The molecule has 0 N–H and O–H groups in total. The van der Waals surface area contributed by atoms with Gasteiger partial charge in [-0.1, -0.05) is 19.4 Å². The highest BCUT2D eigenvalue weighted by Gasteiger charge is 2.70. The Labute approximate surface area is 132 Å². The van der Waals surface area contributed by atoms with Crippen LogP contribution in [0.2, 0.25) is 0 Å². The van der Waals surface area contributed by atoms with Crippen molar-refractivity contribution >= 4 is 11.6 Å². The van der Waals surface area contributed by atoms with Crippen molar-refractivity contribution in [1.82, 2.24) is 0 Å². The number of hydrogen-bond acceptors (Lipinski definition) is 2. The average molecular weight is 298 g/mol. The Morgan fingerprint density at radius 3 is 2.64 bits per heavy atom. The van der Waals surface area contributed by atoms with Gasteiger partial charge in [-0.2, -0.15) is 0 Å². The molecule has 0 aliphatic heterocycles. The van der Waals surface area contributed by atoms with Crippen molar-refractivity contribution in [2.75, 3.05) is 0 Å². The van der Waals surface area contributed by atoms with Crippen molar-refractivity contribution in [3.05, 3.63) is 11.6 Å². The number of ketones is 2. The van der Waals surface area contributed by atoms with Gasteiger partial charge in [0.25, 0.3) is 0 Å². The molecule has 0 saturated heterocycles. The van der Waals surface area contributed by atoms with Crippen LogP contribution in [0.25, 0.3) is 0 Å². The van der Waals surface area contributed by atoms with Crippen LogP contribution in [0, 0.1) is 40.4 Å². The highest BCUT2D eigenvalue weighted by Crippen LogP contribution is 2.71. The molecule has 0 spiro atoms. The summed E-state index contributed by atoms with van der Waals surface area (Å²) in [6.45, 7) is 4.70. The van der Waals surface area contributed by atoms with Gasteiger partial charge in [-0.15, -0.1) is 0 Å². The van der Waals surface area contributed by atoms with Crippen LogP contribution in [-0.4, -0.2) is 11.6 Å². The third kappa shape index (κ3) is 1.43. The van der Waals surface area contributed by atoms with Crippen LogP contribution in [0.3, 0.4) is 0 Å². The fraction of sp³-hybridized carbons (Fsp3) is 0.800. The van der Waals surface area contributed by atoms with E-state index in [1.54, 1.807) is 0 Å². The number of fused-ring (bicyclic) bond motifs is 7. The second kappa shape index (κ2) is 3.94. The fourth-order valence-electron chi connectivity index (χ4n) is 7.22. The fourth-order valence-corrected chi connectivity index (χ4v) is 7.22. The van der Waals surface area contributed by atoms with Crippen LogP contribution in [0.4, 0.5) is 0 Å². The predicted molar refractivity (Wildman–Crippen MR) is 84.1 cm³/mol. The van der Waals surface area contributed by atoms with Crippen molar-refractivity contribution < 1.29 is 9.59 Å². The summed E-state index contributed by atoms with van der Waals surface area (Å²) in [5, 5.41) is 0. The molecular weight excluding hydrogens is 272 g/mol. The molecule has 2 heteroatoms. The maximum atomic E-state index is 12.7. The Morgan fingerprint density at radius 2 is 1.82 bits per heavy atom. The largest absolute Gasteiger partial charge is 0.299 e. The first-order valence-corrected chi connectivity index (χ1v) is 9.23. The lowest BCUT2D eigenvalue weighted by atomic mass is 9.47. The predicted octanol–water partition coefficient (Wildman–Crippen LogP) is 3.94. The summed E-state index contributed by atoms with van der Waals surface area (Å²) >= 11 is 0. The number of carbonyl (C=O) groups is 2. The molecule has 0 aromatic rings. The molecule has 118 valence electrons. The summed E-state index contributed by atoms with van der Waals surface area (Å²) in [5.41, 5.74) is 1.68. The van der Waals surface area contributed by atoms with Gasteiger partial charge in [0.2, 0.25) is 0 Å². The number of allylic oxidation sites excluding steroid dienone is 1. The van der Waals surface area contributed by atoms with Crippen LogP contribution in [0.1, 0.15) is 58.8 Å². The topological polar surface area (TPSA) is 34.1 Å². The summed E-state index contributed by atoms with van der Waals surface area (Å²) in [6.07, 6.45) is 9.55. The zero-order valence-electron chi connectivity index (χ0n) is 13.7. The van der Waals surface area contributed by atoms with Crippen LogP contribution in [0.5, 0.6) is 0 Å². The molecule has 4 fully saturated rings. The molecule has 0 heterocycles. The van der Waals surface area contributed by atoms with E-state index in [1.165, 1.54) is 24.8 Å². The summed E-state index contributed by atoms with van der Waals surface area (Å²) in [4.78, 5) is 24.6. The summed E-state index contributed by atoms with van der Waals surface area (Å²) < 4.78 is 0. The normalized spacial score (nSPS) is 55.7. The number of carbonyl (C=O) groups excluding carboxylic acids is 2. The van der Waals surface area contributed by atoms with Gasteiger partial charge in [0.05, 0.1) is 0 Å². The Kier molecular flexibility index (Phi) is 2.42. The van der Waals surface area contributed by atoms with E-state index in [4.69, 9.17) is 0 Å². The maximum Gasteiger partial charge on any atom is 0.155 e. The van der Waals surface area contributed by atoms with Crippen LogP contribution >= 0.6 is 0 Å². The summed E-state index contributed by atoms with van der Waals surface area (Å²) in [7, 11) is 0. The van der Waals surface area contributed by atoms with E-state index in [0.29, 0.717) is 35.2 Å². The van der Waals surface area contributed by atoms with E-state index in [9.17, 15) is 9.59 Å². The zero-order valence-corrected chi connectivity index (χ0v) is 13.7. The minimum Gasteiger partial charge on any atom is -0.299 e. The third-order valence-corrected chi connectivity index (χ3v) is 8.41. The van der Waals surface area contributed by atoms with Gasteiger partial charge in [-0.25, -0.2) is 0 Å². The van der Waals surface area contributed by atoms with Crippen molar-refractivity contribution in [1.29, 1.82) is 0 Å². The molecule has 5 unspecified atom stereocenters. The van der Waals surface area contributed by atoms with Crippen molar-refractivity contribution in [2.24, 2.45) is 40.4 Å². The lowest BCUT2D eigenvalue weighted by Crippen LogP contribution is -2.51. The second-order valence-corrected chi connectivity index (χ2v) is 9.21. The standard InChI is InChI=1S/C20H26O2/c1-19-7-5-12(21)9-11(19)3-4-13-16(19)6-8-20(2)17(13)14-10-15(14)18(20)22/h9,13-17H,3-8,10H2,1-2H3/t13?,14?,15?,16?,17?,19-,20-/m0/s1. The van der Waals surface area contributed by atoms with E-state index >= 15 is 0 Å². The van der Waals surface area contributed by atoms with Gasteiger partial charge in [0.15, 0.2) is 5.78 Å². The molecule has 0 bridgehead atoms. The molecule has 0 aromatic heterocycles. The van der Waals surface area contributed by atoms with Gasteiger partial charge in [0, 0.05) is 17.8 Å². The van der Waals surface area contributed by atoms with E-state index in [1.807, 2.05) is 6.08 Å². The number of rotatable bonds is 0. The van der Waals surface area contributed by atoms with E-state index in [2.05, 4.69) is 13.8 Å². The van der Waals surface area contributed by atoms with Crippen LogP contribution in [-0.2, 0) is 9.59 Å². The molecule has 0 aromatic carbocycles. The first-order valence-electron chi connectivity index (χ1n) is 9.23. The van der Waals surface area contributed by atoms with Gasteiger partial charge in [-0.05, 0) is 73.7 Å². The number of Topliss-reactive ketones (excluding diaryl/α,β-unsaturated/α-hetero) is 1. The Balaban J connectivity index is 1.55. The minimum atomic E-state index is -0.00316. The minimum absolute atomic E-state index is 0.00316. The Hall–Kier alpha value is -0.920. The second-order valence-electron chi connectivity index (χ2n) is 9.21. The molecular formula is C20H26O2. The Bertz CT molecular complexity index is 617. The van der Waals surface area contributed by atoms with Gasteiger partial charge in [0.1, 0.15) is 5.78 Å². The average Bonchev–Trinajstić information content (AvgIpc) is 3.22. The molecule has 7 atom stereocenters. The molecule has 5 aliphatic rings. The van der Waals surface area contributed by atoms with Crippen LogP contribution < -0.4 is 0 Å². The molecule has 5 aliphatic carbocycles. The Morgan fingerprint density at radius 1 is 1.00 bits per heavy atom. The van der Waals surface area contributed by atoms with Gasteiger partial charge in [-0.3, -0.25) is 9.59 Å². The quantitative estimate of drug-likeness (QED) is 0.678. The summed E-state index contributed by atoms with van der Waals surface area (Å²) in [5.74, 6) is 4.17. The molecule has 5 rings (SSSR count). The molecule has 4 saturated carbocycles. The van der Waals surface area contributed by atoms with Crippen molar-refractivity contribution in [3.8, 4) is 0 Å². The summed E-state index contributed by atoms with van der Waals surface area (Å²) in [6, 6.07) is 0. The highest BCUT2D eigenvalue weighted by atomic mass is 16.1. The van der Waals surface area contributed by atoms with Crippen LogP contribution in [0.15, 0.2) is 11.6 Å². The zero-order chi connectivity index (χ0) is 15.3. The van der Waals surface area contributed by atoms with Gasteiger partial charge < -0.3 is 0 Å². The van der Waals surface area contributed by atoms with Crippen molar-refractivity contribution in [3.63, 3.8) is 0 Å². The lowest BCUT2D eigenvalue weighted by molar-refractivity contribution is -0.136. The molecule has 0 amide bonds. The van der Waals surface area contributed by atoms with E-state index in [0.717, 1.165) is 31.6 Å². The van der Waals surface area contributed by atoms with E-state index < -0.39 is 0 Å². The molecule has 2 nitrogen and oxygen atoms in total. The smallest absolute Gasteiger partial charge is 0.155 e. The molecule has 0 radical (unpaired) electrons. The van der Waals surface area contributed by atoms with Gasteiger partial charge >= 0.3 is 0 Å². The van der Waals surface area contributed by atoms with E-state index in [-0.39, 0.29) is 10.8 Å². The van der Waals surface area contributed by atoms with Crippen molar-refractivity contribution in [2.45, 2.75) is 58.8 Å². The first-order chi connectivity index (χ1) is 10.4. The first kappa shape index (κ1) is 13.5. The maximum absolute atomic E-state index is 12.7. The monoisotopic (exact) mass is 298 g/mol. The molecule has 22 heavy (non-hydrogen) atoms. The number of hydrogen-bond donors (Lipinski definition) is 0.